The highest BCUT2D eigenvalue weighted by atomic mass is 16.2. The second kappa shape index (κ2) is 6.56. The van der Waals surface area contributed by atoms with E-state index in [0.29, 0.717) is 11.4 Å². The maximum atomic E-state index is 12.3. The van der Waals surface area contributed by atoms with E-state index in [1.807, 2.05) is 34.9 Å². The first-order valence-electron chi connectivity index (χ1n) is 6.87. The van der Waals surface area contributed by atoms with Gasteiger partial charge in [0.05, 0.1) is 5.56 Å². The first kappa shape index (κ1) is 16.9. The summed E-state index contributed by atoms with van der Waals surface area (Å²) in [5.74, 6) is 0.0351. The number of nitrogens with one attached hydrogen (secondary N) is 2. The molecule has 0 radical (unpaired) electrons. The van der Waals surface area contributed by atoms with E-state index in [-0.39, 0.29) is 17.4 Å². The fraction of sp³-hybridized carbons (Fsp3) is 0.533. The maximum Gasteiger partial charge on any atom is 0.255 e. The number of rotatable bonds is 4. The zero-order valence-electron chi connectivity index (χ0n) is 13.5. The van der Waals surface area contributed by atoms with Crippen LogP contribution in [0.4, 0.5) is 5.82 Å². The van der Waals surface area contributed by atoms with Gasteiger partial charge in [0.2, 0.25) is 5.91 Å². The summed E-state index contributed by atoms with van der Waals surface area (Å²) in [5, 5.41) is 5.53. The van der Waals surface area contributed by atoms with Gasteiger partial charge in [0.25, 0.3) is 5.91 Å². The predicted molar refractivity (Wildman–Crippen MR) is 83.4 cm³/mol. The van der Waals surface area contributed by atoms with Crippen LogP contribution >= 0.6 is 0 Å². The van der Waals surface area contributed by atoms with Gasteiger partial charge in [-0.05, 0) is 39.8 Å². The van der Waals surface area contributed by atoms with Crippen LogP contribution < -0.4 is 15.5 Å². The third-order valence-electron chi connectivity index (χ3n) is 2.69. The molecule has 6 heteroatoms. The van der Waals surface area contributed by atoms with Crippen LogP contribution in [0.3, 0.4) is 0 Å². The molecule has 0 aromatic carbocycles. The summed E-state index contributed by atoms with van der Waals surface area (Å²) in [4.78, 5) is 30.2. The highest BCUT2D eigenvalue weighted by Crippen LogP contribution is 2.14. The first-order valence-corrected chi connectivity index (χ1v) is 6.87. The summed E-state index contributed by atoms with van der Waals surface area (Å²) < 4.78 is 0. The van der Waals surface area contributed by atoms with E-state index in [4.69, 9.17) is 0 Å². The zero-order valence-corrected chi connectivity index (χ0v) is 13.5. The summed E-state index contributed by atoms with van der Waals surface area (Å²) in [6, 6.07) is 2.76. The predicted octanol–water partition coefficient (Wildman–Crippen LogP) is 1.18. The van der Waals surface area contributed by atoms with Gasteiger partial charge in [-0.3, -0.25) is 9.59 Å². The molecular weight excluding hydrogens is 268 g/mol. The van der Waals surface area contributed by atoms with E-state index in [9.17, 15) is 9.59 Å². The van der Waals surface area contributed by atoms with Crippen LogP contribution in [0.1, 0.15) is 38.1 Å². The molecule has 2 amide bonds. The van der Waals surface area contributed by atoms with Crippen molar-refractivity contribution in [1.29, 1.82) is 0 Å². The van der Waals surface area contributed by atoms with Gasteiger partial charge in [0.1, 0.15) is 11.9 Å². The minimum absolute atomic E-state index is 0.217. The molecule has 0 aliphatic rings. The fourth-order valence-corrected chi connectivity index (χ4v) is 1.75. The highest BCUT2D eigenvalue weighted by Gasteiger charge is 2.22. The molecule has 0 aliphatic heterocycles. The number of nitrogens with zero attached hydrogens (tertiary/aromatic N) is 2. The molecule has 1 aromatic heterocycles. The summed E-state index contributed by atoms with van der Waals surface area (Å²) in [7, 11) is 3.63. The SMILES string of the molecule is CC(NC(=O)c1cccnc1N(C)C)C(=O)NC(C)(C)C. The molecule has 0 bridgehead atoms. The lowest BCUT2D eigenvalue weighted by molar-refractivity contribution is -0.124. The number of carbonyl (C=O) groups is 2. The van der Waals surface area contributed by atoms with Crippen LogP contribution in [0, 0.1) is 0 Å². The molecular formula is C15H24N4O2. The largest absolute Gasteiger partial charge is 0.362 e. The lowest BCUT2D eigenvalue weighted by atomic mass is 10.1. The summed E-state index contributed by atoms with van der Waals surface area (Å²) in [5.41, 5.74) is 0.108. The van der Waals surface area contributed by atoms with E-state index in [1.54, 1.807) is 30.2 Å². The number of aromatic nitrogens is 1. The third kappa shape index (κ3) is 5.06. The van der Waals surface area contributed by atoms with Gasteiger partial charge in [-0.25, -0.2) is 4.98 Å². The van der Waals surface area contributed by atoms with E-state index in [0.717, 1.165) is 0 Å². The van der Waals surface area contributed by atoms with Crippen molar-refractivity contribution in [3.63, 3.8) is 0 Å². The van der Waals surface area contributed by atoms with Crippen LogP contribution in [0.2, 0.25) is 0 Å². The molecule has 0 saturated heterocycles. The normalized spacial score (nSPS) is 12.5. The minimum atomic E-state index is -0.619. The topological polar surface area (TPSA) is 74.3 Å². The molecule has 0 saturated carbocycles. The van der Waals surface area contributed by atoms with E-state index >= 15 is 0 Å². The molecule has 1 rings (SSSR count). The second-order valence-electron chi connectivity index (χ2n) is 6.20. The summed E-state index contributed by atoms with van der Waals surface area (Å²) >= 11 is 0. The molecule has 0 fully saturated rings. The van der Waals surface area contributed by atoms with E-state index in [1.165, 1.54) is 0 Å². The summed E-state index contributed by atoms with van der Waals surface area (Å²) in [6.45, 7) is 7.34. The van der Waals surface area contributed by atoms with Crippen LogP contribution in [0.5, 0.6) is 0 Å². The minimum Gasteiger partial charge on any atom is -0.362 e. The maximum absolute atomic E-state index is 12.3. The molecule has 2 N–H and O–H groups in total. The molecule has 1 heterocycles. The van der Waals surface area contributed by atoms with Gasteiger partial charge in [-0.2, -0.15) is 0 Å². The van der Waals surface area contributed by atoms with Crippen LogP contribution in [0.15, 0.2) is 18.3 Å². The number of pyridine rings is 1. The van der Waals surface area contributed by atoms with E-state index in [2.05, 4.69) is 15.6 Å². The number of amides is 2. The lowest BCUT2D eigenvalue weighted by Crippen LogP contribution is -2.50. The zero-order chi connectivity index (χ0) is 16.2. The Kier molecular flexibility index (Phi) is 5.29. The second-order valence-corrected chi connectivity index (χ2v) is 6.20. The Morgan fingerprint density at radius 3 is 2.43 bits per heavy atom. The molecule has 116 valence electrons. The Bertz CT molecular complexity index is 521. The van der Waals surface area contributed by atoms with Crippen molar-refractivity contribution in [3.8, 4) is 0 Å². The van der Waals surface area contributed by atoms with Gasteiger partial charge in [0.15, 0.2) is 0 Å². The number of carbonyl (C=O) groups excluding carboxylic acids is 2. The molecule has 1 atom stereocenters. The van der Waals surface area contributed by atoms with Gasteiger partial charge in [-0.1, -0.05) is 0 Å². The lowest BCUT2D eigenvalue weighted by Gasteiger charge is -2.24. The Labute approximate surface area is 125 Å². The quantitative estimate of drug-likeness (QED) is 0.874. The van der Waals surface area contributed by atoms with Crippen molar-refractivity contribution in [2.45, 2.75) is 39.3 Å². The molecule has 1 unspecified atom stereocenters. The van der Waals surface area contributed by atoms with Crippen LogP contribution in [-0.4, -0.2) is 42.5 Å². The Balaban J connectivity index is 2.80. The van der Waals surface area contributed by atoms with Crippen molar-refractivity contribution < 1.29 is 9.59 Å². The molecule has 0 spiro atoms. The average Bonchev–Trinajstić information content (AvgIpc) is 2.36. The van der Waals surface area contributed by atoms with E-state index < -0.39 is 6.04 Å². The van der Waals surface area contributed by atoms with Gasteiger partial charge in [0, 0.05) is 25.8 Å². The summed E-state index contributed by atoms with van der Waals surface area (Å²) in [6.07, 6.45) is 1.63. The van der Waals surface area contributed by atoms with Crippen molar-refractivity contribution in [3.05, 3.63) is 23.9 Å². The third-order valence-corrected chi connectivity index (χ3v) is 2.69. The highest BCUT2D eigenvalue weighted by molar-refractivity contribution is 6.01. The molecule has 1 aromatic rings. The standard InChI is InChI=1S/C15H24N4O2/c1-10(13(20)18-15(2,3)4)17-14(21)11-8-7-9-16-12(11)19(5)6/h7-10H,1-6H3,(H,17,21)(H,18,20). The monoisotopic (exact) mass is 292 g/mol. The molecule has 21 heavy (non-hydrogen) atoms. The van der Waals surface area contributed by atoms with Gasteiger partial charge >= 0.3 is 0 Å². The number of anilines is 1. The Hall–Kier alpha value is -2.11. The van der Waals surface area contributed by atoms with Crippen LogP contribution in [-0.2, 0) is 4.79 Å². The molecule has 0 aliphatic carbocycles. The van der Waals surface area contributed by atoms with Gasteiger partial charge in [-0.15, -0.1) is 0 Å². The van der Waals surface area contributed by atoms with Crippen LogP contribution in [0.25, 0.3) is 0 Å². The number of hydrogen-bond donors (Lipinski definition) is 2. The Morgan fingerprint density at radius 1 is 1.29 bits per heavy atom. The average molecular weight is 292 g/mol. The molecule has 6 nitrogen and oxygen atoms in total. The van der Waals surface area contributed by atoms with Crippen molar-refractivity contribution in [1.82, 2.24) is 15.6 Å². The number of hydrogen-bond acceptors (Lipinski definition) is 4. The van der Waals surface area contributed by atoms with Crippen molar-refractivity contribution in [2.24, 2.45) is 0 Å². The van der Waals surface area contributed by atoms with Crippen molar-refractivity contribution in [2.75, 3.05) is 19.0 Å². The smallest absolute Gasteiger partial charge is 0.255 e. The Morgan fingerprint density at radius 2 is 1.90 bits per heavy atom. The first-order chi connectivity index (χ1) is 9.61. The van der Waals surface area contributed by atoms with Gasteiger partial charge < -0.3 is 15.5 Å². The van der Waals surface area contributed by atoms with Crippen molar-refractivity contribution >= 4 is 17.6 Å². The fourth-order valence-electron chi connectivity index (χ4n) is 1.75.